The highest BCUT2D eigenvalue weighted by atomic mass is 35.5. The Labute approximate surface area is 238 Å². The van der Waals surface area contributed by atoms with Gasteiger partial charge in [0.1, 0.15) is 0 Å². The summed E-state index contributed by atoms with van der Waals surface area (Å²) in [5.74, 6) is 0.378. The van der Waals surface area contributed by atoms with E-state index in [1.54, 1.807) is 12.1 Å². The van der Waals surface area contributed by atoms with E-state index in [1.807, 2.05) is 30.3 Å². The third-order valence-corrected chi connectivity index (χ3v) is 6.98. The number of hydrogen-bond donors (Lipinski definition) is 0. The molecule has 1 fully saturated rings. The van der Waals surface area contributed by atoms with E-state index in [1.165, 1.54) is 11.1 Å². The molecule has 1 aliphatic rings. The Kier molecular flexibility index (Phi) is 10.7. The second-order valence-electron chi connectivity index (χ2n) is 8.71. The Balaban J connectivity index is 0.00000190. The molecular formula is C28H28Cl4N2O3. The molecule has 0 N–H and O–H groups in total. The van der Waals surface area contributed by atoms with Crippen LogP contribution in [-0.2, 0) is 6.42 Å². The molecule has 4 aromatic rings. The first-order valence-electron chi connectivity index (χ1n) is 11.7. The van der Waals surface area contributed by atoms with Gasteiger partial charge >= 0.3 is 5.82 Å². The van der Waals surface area contributed by atoms with Gasteiger partial charge in [-0.2, -0.15) is 0 Å². The highest BCUT2D eigenvalue weighted by Crippen LogP contribution is 2.31. The van der Waals surface area contributed by atoms with E-state index in [0.717, 1.165) is 43.3 Å². The second-order valence-corrected chi connectivity index (χ2v) is 9.58. The van der Waals surface area contributed by atoms with Crippen molar-refractivity contribution in [1.82, 2.24) is 9.80 Å². The van der Waals surface area contributed by atoms with Crippen molar-refractivity contribution in [3.63, 3.8) is 0 Å². The van der Waals surface area contributed by atoms with Crippen molar-refractivity contribution in [3.05, 3.63) is 116 Å². The molecule has 0 aliphatic carbocycles. The summed E-state index contributed by atoms with van der Waals surface area (Å²) in [6, 6.07) is 26.1. The van der Waals surface area contributed by atoms with Crippen LogP contribution in [0, 0.1) is 0 Å². The number of benzene rings is 3. The molecular weight excluding hydrogens is 554 g/mol. The first kappa shape index (κ1) is 29.3. The fourth-order valence-electron chi connectivity index (χ4n) is 4.69. The highest BCUT2D eigenvalue weighted by molar-refractivity contribution is 6.30. The summed E-state index contributed by atoms with van der Waals surface area (Å²) in [5.41, 5.74) is 3.30. The minimum atomic E-state index is -0.677. The van der Waals surface area contributed by atoms with Gasteiger partial charge in [-0.05, 0) is 47.5 Å². The Bertz CT molecular complexity index is 1300. The molecule has 196 valence electrons. The largest absolute Gasteiger partial charge is 0.519 e. The maximum Gasteiger partial charge on any atom is 0.519 e. The zero-order valence-corrected chi connectivity index (χ0v) is 23.2. The third-order valence-electron chi connectivity index (χ3n) is 6.48. The average Bonchev–Trinajstić information content (AvgIpc) is 3.26. The van der Waals surface area contributed by atoms with Crippen LogP contribution in [0.15, 0.2) is 92.5 Å². The second kappa shape index (κ2) is 13.5. The SMILES string of the molecule is Cl.Cl.O=c1oc(CCN2CCN(C(c3ccccc3)c3ccc(Cl)cc3)CC2)c(-c2ccc(Cl)cc2)o1. The fraction of sp³-hybridized carbons (Fsp3) is 0.250. The molecule has 0 radical (unpaired) electrons. The number of nitrogens with zero attached hydrogens (tertiary/aromatic N) is 2. The summed E-state index contributed by atoms with van der Waals surface area (Å²) in [6.45, 7) is 4.50. The normalized spacial score (nSPS) is 15.0. The zero-order chi connectivity index (χ0) is 24.2. The predicted octanol–water partition coefficient (Wildman–Crippen LogP) is 7.00. The maximum absolute atomic E-state index is 11.8. The molecule has 5 rings (SSSR count). The van der Waals surface area contributed by atoms with Gasteiger partial charge in [-0.15, -0.1) is 24.8 Å². The molecule has 0 saturated carbocycles. The lowest BCUT2D eigenvalue weighted by atomic mass is 9.96. The Morgan fingerprint density at radius 3 is 1.92 bits per heavy atom. The lowest BCUT2D eigenvalue weighted by Crippen LogP contribution is -2.48. The molecule has 37 heavy (non-hydrogen) atoms. The number of hydrogen-bond acceptors (Lipinski definition) is 5. The van der Waals surface area contributed by atoms with Crippen molar-refractivity contribution < 1.29 is 8.83 Å². The van der Waals surface area contributed by atoms with Crippen LogP contribution in [0.3, 0.4) is 0 Å². The molecule has 0 amide bonds. The zero-order valence-electron chi connectivity index (χ0n) is 20.0. The molecule has 3 aromatic carbocycles. The molecule has 1 saturated heterocycles. The Morgan fingerprint density at radius 2 is 1.30 bits per heavy atom. The average molecular weight is 582 g/mol. The predicted molar refractivity (Wildman–Crippen MR) is 154 cm³/mol. The fourth-order valence-corrected chi connectivity index (χ4v) is 4.95. The van der Waals surface area contributed by atoms with Crippen molar-refractivity contribution in [3.8, 4) is 11.3 Å². The van der Waals surface area contributed by atoms with Crippen LogP contribution in [0.25, 0.3) is 11.3 Å². The highest BCUT2D eigenvalue weighted by Gasteiger charge is 2.27. The van der Waals surface area contributed by atoms with Gasteiger partial charge in [-0.1, -0.05) is 65.7 Å². The van der Waals surface area contributed by atoms with Gasteiger partial charge in [0.2, 0.25) is 0 Å². The smallest absolute Gasteiger partial charge is 0.395 e. The van der Waals surface area contributed by atoms with Gasteiger partial charge < -0.3 is 13.7 Å². The minimum Gasteiger partial charge on any atom is -0.395 e. The van der Waals surface area contributed by atoms with Crippen molar-refractivity contribution in [2.75, 3.05) is 32.7 Å². The van der Waals surface area contributed by atoms with Crippen molar-refractivity contribution >= 4 is 48.0 Å². The first-order chi connectivity index (χ1) is 17.1. The quantitative estimate of drug-likeness (QED) is 0.235. The molecule has 0 bridgehead atoms. The lowest BCUT2D eigenvalue weighted by molar-refractivity contribution is 0.109. The Hall–Kier alpha value is -2.25. The van der Waals surface area contributed by atoms with Crippen LogP contribution in [0.5, 0.6) is 0 Å². The first-order valence-corrected chi connectivity index (χ1v) is 12.5. The molecule has 2 heterocycles. The standard InChI is InChI=1S/C28H26Cl2N2O3.2ClH/c29-23-10-6-21(7-11-23)26(20-4-2-1-3-5-20)32-18-16-31(17-19-32)15-14-25-27(35-28(33)34-25)22-8-12-24(30)13-9-22;;/h1-13,26H,14-19H2;2*1H. The third kappa shape index (κ3) is 7.20. The summed E-state index contributed by atoms with van der Waals surface area (Å²) in [4.78, 5) is 16.7. The van der Waals surface area contributed by atoms with Crippen LogP contribution in [0.1, 0.15) is 22.9 Å². The summed E-state index contributed by atoms with van der Waals surface area (Å²) in [5, 5.41) is 1.38. The van der Waals surface area contributed by atoms with Crippen LogP contribution in [0.2, 0.25) is 10.0 Å². The van der Waals surface area contributed by atoms with E-state index in [2.05, 4.69) is 46.2 Å². The summed E-state index contributed by atoms with van der Waals surface area (Å²) < 4.78 is 10.7. The summed E-state index contributed by atoms with van der Waals surface area (Å²) in [6.07, 6.45) is 0.600. The molecule has 1 atom stereocenters. The van der Waals surface area contributed by atoms with Crippen molar-refractivity contribution in [2.45, 2.75) is 12.5 Å². The minimum absolute atomic E-state index is 0. The van der Waals surface area contributed by atoms with Gasteiger partial charge in [0.15, 0.2) is 11.5 Å². The van der Waals surface area contributed by atoms with Gasteiger partial charge in [0.25, 0.3) is 0 Å². The van der Waals surface area contributed by atoms with E-state index in [-0.39, 0.29) is 30.9 Å². The van der Waals surface area contributed by atoms with Crippen LogP contribution < -0.4 is 5.82 Å². The molecule has 1 aliphatic heterocycles. The van der Waals surface area contributed by atoms with Gasteiger partial charge in [-0.25, -0.2) is 4.79 Å². The molecule has 9 heteroatoms. The Morgan fingerprint density at radius 1 is 0.730 bits per heavy atom. The number of halogens is 4. The molecule has 1 aromatic heterocycles. The van der Waals surface area contributed by atoms with Crippen LogP contribution in [0.4, 0.5) is 0 Å². The van der Waals surface area contributed by atoms with Crippen LogP contribution in [-0.4, -0.2) is 42.5 Å². The summed E-state index contributed by atoms with van der Waals surface area (Å²) >= 11 is 12.1. The summed E-state index contributed by atoms with van der Waals surface area (Å²) in [7, 11) is 0. The van der Waals surface area contributed by atoms with Gasteiger partial charge in [-0.3, -0.25) is 4.90 Å². The van der Waals surface area contributed by atoms with Crippen molar-refractivity contribution in [1.29, 1.82) is 0 Å². The van der Waals surface area contributed by atoms with Gasteiger partial charge in [0.05, 0.1) is 6.04 Å². The monoisotopic (exact) mass is 580 g/mol. The van der Waals surface area contributed by atoms with E-state index in [9.17, 15) is 4.79 Å². The number of piperazine rings is 1. The van der Waals surface area contributed by atoms with Crippen molar-refractivity contribution in [2.24, 2.45) is 0 Å². The van der Waals surface area contributed by atoms with E-state index >= 15 is 0 Å². The van der Waals surface area contributed by atoms with E-state index in [0.29, 0.717) is 23.0 Å². The maximum atomic E-state index is 11.8. The molecule has 1 unspecified atom stereocenters. The van der Waals surface area contributed by atoms with Gasteiger partial charge in [0, 0.05) is 54.8 Å². The van der Waals surface area contributed by atoms with Crippen LogP contribution >= 0.6 is 48.0 Å². The molecule has 5 nitrogen and oxygen atoms in total. The van der Waals surface area contributed by atoms with E-state index < -0.39 is 5.82 Å². The number of rotatable bonds is 7. The molecule has 0 spiro atoms. The topological polar surface area (TPSA) is 49.8 Å². The van der Waals surface area contributed by atoms with E-state index in [4.69, 9.17) is 32.0 Å². The lowest BCUT2D eigenvalue weighted by Gasteiger charge is -2.39.